The van der Waals surface area contributed by atoms with Gasteiger partial charge in [0.25, 0.3) is 33.7 Å². The zero-order valence-corrected chi connectivity index (χ0v) is 55.5. The van der Waals surface area contributed by atoms with Crippen LogP contribution in [0, 0.1) is 25.7 Å². The molecule has 5 heterocycles. The predicted molar refractivity (Wildman–Crippen MR) is 346 cm³/mol. The lowest BCUT2D eigenvalue weighted by molar-refractivity contribution is -0.137. The summed E-state index contributed by atoms with van der Waals surface area (Å²) in [5.74, 6) is -1.97. The molecule has 6 unspecified atom stereocenters. The van der Waals surface area contributed by atoms with Crippen molar-refractivity contribution in [2.75, 3.05) is 75.4 Å². The number of aliphatic hydroxyl groups is 1. The third-order valence-electron chi connectivity index (χ3n) is 16.4. The van der Waals surface area contributed by atoms with Crippen molar-refractivity contribution >= 4 is 80.3 Å². The van der Waals surface area contributed by atoms with Gasteiger partial charge in [0, 0.05) is 87.1 Å². The van der Waals surface area contributed by atoms with E-state index in [1.54, 1.807) is 64.4 Å². The highest BCUT2D eigenvalue weighted by molar-refractivity contribution is 7.86. The quantitative estimate of drug-likeness (QED) is 0.0236. The molecule has 26 nitrogen and oxygen atoms in total. The van der Waals surface area contributed by atoms with Crippen LogP contribution in [0.2, 0.25) is 0 Å². The first-order chi connectivity index (χ1) is 44.7. The highest BCUT2D eigenvalue weighted by Gasteiger charge is 2.46. The molecule has 0 aromatic heterocycles. The van der Waals surface area contributed by atoms with E-state index in [1.807, 2.05) is 39.8 Å². The molecule has 0 saturated carbocycles. The number of Topliss-reactive ketones (excluding diaryl/α,β-unsaturated/α-hetero) is 2. The van der Waals surface area contributed by atoms with Crippen LogP contribution in [0.15, 0.2) is 84.2 Å². The highest BCUT2D eigenvalue weighted by atomic mass is 32.2. The summed E-state index contributed by atoms with van der Waals surface area (Å²) < 4.78 is 68.5. The maximum absolute atomic E-state index is 13.6. The third-order valence-corrected chi connectivity index (χ3v) is 17.5. The fourth-order valence-electron chi connectivity index (χ4n) is 11.3. The number of ether oxygens (including phenoxy) is 6. The Labute approximate surface area is 548 Å². The van der Waals surface area contributed by atoms with E-state index in [-0.39, 0.29) is 122 Å². The van der Waals surface area contributed by atoms with Gasteiger partial charge in [0.2, 0.25) is 11.8 Å². The van der Waals surface area contributed by atoms with Crippen molar-refractivity contribution in [1.29, 1.82) is 0 Å². The standard InChI is InChI=1S/C36H44N4O11S.C31H43N3O8/c1-6-49-36(44)40-26-17-31(30(48-5)15-24(26)34(42)39-19-21(3)13-28(39)35(40)43)51-11-9-7-8-10-50-29-16-25-23(14-22(29)4)33(41)38-18-20(2)12-27(38)32(37-25)52(45,46)47;1-21(2)27(31(40)32-23(4)30(39)33-24-9-7-22(3)8-10-24)20-26(36)14-17-42-19-18-41-16-5-6-25(35)13-15-34-28(37)11-12-29(34)38/h14-19,27-28,32,35,37,43H,6-13H2,1-5H3,(H,45,46,47);7-12,21,23,27H,5-6,13-20H2,1-4H3,(H,32,40)(H,33,39). The molecule has 3 aromatic carbocycles. The van der Waals surface area contributed by atoms with Gasteiger partial charge in [-0.05, 0) is 116 Å². The molecule has 7 amide bonds. The zero-order valence-electron chi connectivity index (χ0n) is 54.7. The van der Waals surface area contributed by atoms with Gasteiger partial charge >= 0.3 is 6.09 Å². The molecule has 0 fully saturated rings. The SMILES string of the molecule is CCOC(=O)N1c2cc(OCCCCCOc3cc4c(cc3C)C(=O)N3C=C(C)CC3C(S(=O)(=O)O)N4)c(OC)cc2C(=O)N2C=C(C)CC2C1O.Cc1ccc(NC(=O)C(C)NC(=O)C(CC(=O)CCOCCOCCCC(=O)CCN2C(=O)C=CC2=O)C(C)C)cc1. The zero-order chi connectivity index (χ0) is 68.6. The molecule has 8 rings (SSSR count). The Kier molecular flexibility index (Phi) is 26.0. The van der Waals surface area contributed by atoms with Gasteiger partial charge in [0.1, 0.15) is 23.4 Å². The van der Waals surface area contributed by atoms with E-state index in [4.69, 9.17) is 28.4 Å². The van der Waals surface area contributed by atoms with Crippen molar-refractivity contribution in [3.05, 3.63) is 106 Å². The summed E-state index contributed by atoms with van der Waals surface area (Å²) in [5.41, 5.74) is 5.01. The van der Waals surface area contributed by atoms with Crippen LogP contribution in [-0.4, -0.2) is 176 Å². The number of ketones is 2. The molecule has 6 atom stereocenters. The average molecular weight is 1330 g/mol. The van der Waals surface area contributed by atoms with Crippen molar-refractivity contribution < 1.29 is 89.6 Å². The summed E-state index contributed by atoms with van der Waals surface area (Å²) in [6.45, 7) is 16.3. The largest absolute Gasteiger partial charge is 0.493 e. The van der Waals surface area contributed by atoms with Crippen molar-refractivity contribution in [2.45, 2.75) is 149 Å². The second-order valence-electron chi connectivity index (χ2n) is 24.1. The van der Waals surface area contributed by atoms with Gasteiger partial charge in [-0.25, -0.2) is 9.69 Å². The van der Waals surface area contributed by atoms with Crippen LogP contribution >= 0.6 is 0 Å². The number of methoxy groups -OCH3 is 1. The summed E-state index contributed by atoms with van der Waals surface area (Å²) in [6, 6.07) is 11.4. The van der Waals surface area contributed by atoms with Crippen LogP contribution in [0.5, 0.6) is 17.2 Å². The number of carbonyl (C=O) groups excluding carboxylic acids is 9. The van der Waals surface area contributed by atoms with Crippen LogP contribution in [0.3, 0.4) is 0 Å². The summed E-state index contributed by atoms with van der Waals surface area (Å²) in [5, 5.41) is 18.3. The van der Waals surface area contributed by atoms with Gasteiger partial charge in [-0.15, -0.1) is 0 Å². The Morgan fingerprint density at radius 3 is 1.94 bits per heavy atom. The number of unbranched alkanes of at least 4 members (excludes halogenated alkanes) is 2. The number of fused-ring (bicyclic) bond motifs is 4. The lowest BCUT2D eigenvalue weighted by atomic mass is 9.89. The summed E-state index contributed by atoms with van der Waals surface area (Å²) in [4.78, 5) is 118. The molecule has 0 spiro atoms. The smallest absolute Gasteiger partial charge is 0.416 e. The lowest BCUT2D eigenvalue weighted by Gasteiger charge is -2.31. The van der Waals surface area contributed by atoms with E-state index in [0.29, 0.717) is 87.5 Å². The fourth-order valence-corrected chi connectivity index (χ4v) is 12.2. The molecule has 94 heavy (non-hydrogen) atoms. The number of aliphatic hydroxyl groups excluding tert-OH is 1. The molecular formula is C67H87N7O19S. The number of carbonyl (C=O) groups is 9. The van der Waals surface area contributed by atoms with Gasteiger partial charge < -0.3 is 59.3 Å². The van der Waals surface area contributed by atoms with E-state index < -0.39 is 63.7 Å². The van der Waals surface area contributed by atoms with E-state index in [2.05, 4.69) is 16.0 Å². The van der Waals surface area contributed by atoms with Crippen molar-refractivity contribution in [2.24, 2.45) is 11.8 Å². The number of nitrogens with one attached hydrogen (secondary N) is 3. The second-order valence-corrected chi connectivity index (χ2v) is 25.7. The Bertz CT molecular complexity index is 3500. The number of imide groups is 1. The van der Waals surface area contributed by atoms with Gasteiger partial charge in [0.15, 0.2) is 23.1 Å². The van der Waals surface area contributed by atoms with Crippen LogP contribution in [0.25, 0.3) is 0 Å². The minimum atomic E-state index is -4.55. The Balaban J connectivity index is 0.000000273. The number of anilines is 3. The van der Waals surface area contributed by atoms with Crippen LogP contribution in [0.4, 0.5) is 21.9 Å². The van der Waals surface area contributed by atoms with Gasteiger partial charge in [-0.3, -0.25) is 47.8 Å². The van der Waals surface area contributed by atoms with Crippen LogP contribution < -0.4 is 35.1 Å². The molecule has 0 aliphatic carbocycles. The topological polar surface area (TPSA) is 333 Å². The minimum Gasteiger partial charge on any atom is -0.493 e. The maximum atomic E-state index is 13.6. The van der Waals surface area contributed by atoms with Crippen LogP contribution in [-0.2, 0) is 53.1 Å². The maximum Gasteiger partial charge on any atom is 0.416 e. The third kappa shape index (κ3) is 19.1. The van der Waals surface area contributed by atoms with Crippen molar-refractivity contribution in [3.8, 4) is 17.2 Å². The molecule has 3 aromatic rings. The number of benzene rings is 3. The number of nitrogens with zero attached hydrogens (tertiary/aromatic N) is 4. The predicted octanol–water partition coefficient (Wildman–Crippen LogP) is 7.56. The second kappa shape index (κ2) is 33.6. The van der Waals surface area contributed by atoms with E-state index in [0.717, 1.165) is 26.5 Å². The minimum absolute atomic E-state index is 0.0470. The molecule has 5 N–H and O–H groups in total. The number of hydrogen-bond acceptors (Lipinski definition) is 19. The Hall–Kier alpha value is -8.50. The number of hydrogen-bond donors (Lipinski definition) is 5. The highest BCUT2D eigenvalue weighted by Crippen LogP contribution is 2.43. The van der Waals surface area contributed by atoms with Crippen molar-refractivity contribution in [3.63, 3.8) is 0 Å². The summed E-state index contributed by atoms with van der Waals surface area (Å²) in [6.07, 6.45) is 7.36. The Morgan fingerprint density at radius 1 is 0.691 bits per heavy atom. The monoisotopic (exact) mass is 1330 g/mol. The van der Waals surface area contributed by atoms with E-state index in [9.17, 15) is 61.2 Å². The van der Waals surface area contributed by atoms with Crippen molar-refractivity contribution in [1.82, 2.24) is 20.0 Å². The first-order valence-corrected chi connectivity index (χ1v) is 33.1. The van der Waals surface area contributed by atoms with E-state index >= 15 is 0 Å². The Morgan fingerprint density at radius 2 is 1.31 bits per heavy atom. The molecular weight excluding hydrogens is 1240 g/mol. The molecule has 5 aliphatic heterocycles. The van der Waals surface area contributed by atoms with E-state index in [1.165, 1.54) is 41.2 Å². The van der Waals surface area contributed by atoms with Gasteiger partial charge in [-0.1, -0.05) is 42.7 Å². The summed E-state index contributed by atoms with van der Waals surface area (Å²) in [7, 11) is -3.10. The molecule has 510 valence electrons. The first kappa shape index (κ1) is 72.9. The lowest BCUT2D eigenvalue weighted by Crippen LogP contribution is -2.50. The summed E-state index contributed by atoms with van der Waals surface area (Å²) >= 11 is 0. The fraction of sp³-hybridized carbons (Fsp3) is 0.507. The molecule has 27 heteroatoms. The number of rotatable bonds is 31. The normalized spacial score (nSPS) is 18.7. The number of amides is 7. The molecule has 0 bridgehead atoms. The van der Waals surface area contributed by atoms with Gasteiger partial charge in [0.05, 0.1) is 81.3 Å². The molecule has 5 aliphatic rings. The van der Waals surface area contributed by atoms with Gasteiger partial charge in [-0.2, -0.15) is 8.42 Å². The average Bonchev–Trinajstić information content (AvgIpc) is 1.60. The number of aryl methyl sites for hydroxylation is 2. The first-order valence-electron chi connectivity index (χ1n) is 31.6. The molecule has 0 saturated heterocycles. The van der Waals surface area contributed by atoms with Crippen LogP contribution in [0.1, 0.15) is 138 Å². The molecule has 0 radical (unpaired) electrons.